The van der Waals surface area contributed by atoms with Crippen LogP contribution in [0.15, 0.2) is 45.3 Å². The Morgan fingerprint density at radius 3 is 2.38 bits per heavy atom. The molecule has 2 aromatic carbocycles. The molecule has 0 aromatic heterocycles. The summed E-state index contributed by atoms with van der Waals surface area (Å²) >= 11 is 6.60. The number of anilines is 1. The molecule has 1 N–H and O–H groups in total. The van der Waals surface area contributed by atoms with Crippen LogP contribution in [0.1, 0.15) is 11.1 Å². The molecular weight excluding hydrogens is 418 g/mol. The van der Waals surface area contributed by atoms with Crippen molar-refractivity contribution in [1.29, 1.82) is 0 Å². The summed E-state index contributed by atoms with van der Waals surface area (Å²) < 4.78 is 53.2. The molecule has 0 atom stereocenters. The predicted molar refractivity (Wildman–Crippen MR) is 80.6 cm³/mol. The first-order valence-electron chi connectivity index (χ1n) is 5.82. The Balaban J connectivity index is 2.26. The average Bonchev–Trinajstić information content (AvgIpc) is 2.40. The Kier molecular flexibility index (Phi) is 4.93. The van der Waals surface area contributed by atoms with Crippen LogP contribution in [-0.4, -0.2) is 0 Å². The second-order valence-electron chi connectivity index (χ2n) is 4.28. The third-order valence-corrected chi connectivity index (χ3v) is 3.96. The molecule has 0 heterocycles. The van der Waals surface area contributed by atoms with Gasteiger partial charge in [-0.05, 0) is 51.8 Å². The lowest BCUT2D eigenvalue weighted by Crippen LogP contribution is -2.12. The first-order chi connectivity index (χ1) is 9.77. The zero-order chi connectivity index (χ0) is 15.6. The van der Waals surface area contributed by atoms with Crippen LogP contribution < -0.4 is 5.32 Å². The molecule has 0 radical (unpaired) electrons. The fourth-order valence-corrected chi connectivity index (χ4v) is 2.54. The quantitative estimate of drug-likeness (QED) is 0.595. The Bertz CT molecular complexity index is 656. The van der Waals surface area contributed by atoms with Gasteiger partial charge >= 0.3 is 6.18 Å². The van der Waals surface area contributed by atoms with E-state index in [-0.39, 0.29) is 12.1 Å². The third-order valence-electron chi connectivity index (χ3n) is 2.78. The van der Waals surface area contributed by atoms with Gasteiger partial charge in [-0.15, -0.1) is 0 Å². The molecule has 2 rings (SSSR count). The number of hydrogen-bond donors (Lipinski definition) is 1. The van der Waals surface area contributed by atoms with E-state index in [9.17, 15) is 17.6 Å². The molecule has 0 fully saturated rings. The van der Waals surface area contributed by atoms with Gasteiger partial charge in [-0.2, -0.15) is 13.2 Å². The van der Waals surface area contributed by atoms with E-state index in [4.69, 9.17) is 0 Å². The van der Waals surface area contributed by atoms with Gasteiger partial charge in [0, 0.05) is 21.2 Å². The second kappa shape index (κ2) is 6.36. The Labute approximate surface area is 135 Å². The van der Waals surface area contributed by atoms with Gasteiger partial charge in [0.2, 0.25) is 0 Å². The van der Waals surface area contributed by atoms with Gasteiger partial charge in [0.15, 0.2) is 0 Å². The highest BCUT2D eigenvalue weighted by molar-refractivity contribution is 9.11. The lowest BCUT2D eigenvalue weighted by molar-refractivity contribution is -0.138. The third kappa shape index (κ3) is 4.20. The summed E-state index contributed by atoms with van der Waals surface area (Å²) in [6.45, 7) is -0.0653. The van der Waals surface area contributed by atoms with E-state index >= 15 is 0 Å². The maximum atomic E-state index is 13.0. The van der Waals surface area contributed by atoms with E-state index in [0.29, 0.717) is 11.8 Å². The SMILES string of the molecule is Fc1ccc(CNc2cc(Br)ccc2Br)c(C(F)(F)F)c1. The van der Waals surface area contributed by atoms with Crippen LogP contribution in [0.3, 0.4) is 0 Å². The van der Waals surface area contributed by atoms with E-state index in [1.807, 2.05) is 0 Å². The second-order valence-corrected chi connectivity index (χ2v) is 6.05. The van der Waals surface area contributed by atoms with Crippen molar-refractivity contribution in [1.82, 2.24) is 0 Å². The summed E-state index contributed by atoms with van der Waals surface area (Å²) in [5, 5.41) is 2.90. The van der Waals surface area contributed by atoms with Crippen LogP contribution in [0.25, 0.3) is 0 Å². The number of halogens is 6. The highest BCUT2D eigenvalue weighted by Crippen LogP contribution is 2.33. The first-order valence-corrected chi connectivity index (χ1v) is 7.40. The van der Waals surface area contributed by atoms with Crippen LogP contribution in [0, 0.1) is 5.82 Å². The molecule has 0 bridgehead atoms. The number of benzene rings is 2. The predicted octanol–water partition coefficient (Wildman–Crippen LogP) is 5.98. The van der Waals surface area contributed by atoms with Crippen LogP contribution in [0.4, 0.5) is 23.2 Å². The standard InChI is InChI=1S/C14H9Br2F4N/c15-9-2-4-12(16)13(5-9)21-7-8-1-3-10(17)6-11(8)14(18,19)20/h1-6,21H,7H2. The molecule has 0 spiro atoms. The van der Waals surface area contributed by atoms with E-state index < -0.39 is 17.6 Å². The fraction of sp³-hybridized carbons (Fsp3) is 0.143. The normalized spacial score (nSPS) is 11.5. The molecule has 0 aliphatic heterocycles. The molecule has 21 heavy (non-hydrogen) atoms. The summed E-state index contributed by atoms with van der Waals surface area (Å²) in [5.41, 5.74) is -0.348. The molecule has 0 unspecified atom stereocenters. The van der Waals surface area contributed by atoms with Crippen LogP contribution >= 0.6 is 31.9 Å². The summed E-state index contributed by atoms with van der Waals surface area (Å²) in [7, 11) is 0. The zero-order valence-electron chi connectivity index (χ0n) is 10.4. The molecule has 0 saturated heterocycles. The molecule has 0 saturated carbocycles. The molecule has 0 amide bonds. The van der Waals surface area contributed by atoms with Gasteiger partial charge in [0.05, 0.1) is 5.56 Å². The van der Waals surface area contributed by atoms with E-state index in [1.165, 1.54) is 0 Å². The molecule has 0 aliphatic carbocycles. The van der Waals surface area contributed by atoms with Gasteiger partial charge in [0.25, 0.3) is 0 Å². The topological polar surface area (TPSA) is 12.0 Å². The fourth-order valence-electron chi connectivity index (χ4n) is 1.79. The minimum atomic E-state index is -4.59. The molecule has 7 heteroatoms. The van der Waals surface area contributed by atoms with Gasteiger partial charge < -0.3 is 5.32 Å². The first kappa shape index (κ1) is 16.3. The van der Waals surface area contributed by atoms with E-state index in [1.54, 1.807) is 18.2 Å². The molecule has 0 aliphatic rings. The van der Waals surface area contributed by atoms with Crippen LogP contribution in [-0.2, 0) is 12.7 Å². The molecular formula is C14H9Br2F4N. The maximum absolute atomic E-state index is 13.0. The van der Waals surface area contributed by atoms with Gasteiger partial charge in [0.1, 0.15) is 5.82 Å². The Hall–Kier alpha value is -1.08. The maximum Gasteiger partial charge on any atom is 0.416 e. The van der Waals surface area contributed by atoms with Gasteiger partial charge in [-0.3, -0.25) is 0 Å². The number of hydrogen-bond acceptors (Lipinski definition) is 1. The minimum absolute atomic E-state index is 0.0178. The largest absolute Gasteiger partial charge is 0.416 e. The van der Waals surface area contributed by atoms with E-state index in [0.717, 1.165) is 21.1 Å². The van der Waals surface area contributed by atoms with Crippen molar-refractivity contribution in [2.45, 2.75) is 12.7 Å². The molecule has 1 nitrogen and oxygen atoms in total. The average molecular weight is 427 g/mol. The van der Waals surface area contributed by atoms with Crippen molar-refractivity contribution < 1.29 is 17.6 Å². The lowest BCUT2D eigenvalue weighted by Gasteiger charge is -2.15. The van der Waals surface area contributed by atoms with Crippen molar-refractivity contribution >= 4 is 37.5 Å². The van der Waals surface area contributed by atoms with E-state index in [2.05, 4.69) is 37.2 Å². The van der Waals surface area contributed by atoms with Crippen molar-refractivity contribution in [2.24, 2.45) is 0 Å². The number of rotatable bonds is 3. The van der Waals surface area contributed by atoms with Crippen LogP contribution in [0.5, 0.6) is 0 Å². The summed E-state index contributed by atoms with van der Waals surface area (Å²) in [4.78, 5) is 0. The lowest BCUT2D eigenvalue weighted by atomic mass is 10.1. The van der Waals surface area contributed by atoms with Crippen molar-refractivity contribution in [3.63, 3.8) is 0 Å². The highest BCUT2D eigenvalue weighted by Gasteiger charge is 2.33. The highest BCUT2D eigenvalue weighted by atomic mass is 79.9. The minimum Gasteiger partial charge on any atom is -0.380 e. The van der Waals surface area contributed by atoms with Crippen molar-refractivity contribution in [3.05, 3.63) is 62.3 Å². The summed E-state index contributed by atoms with van der Waals surface area (Å²) in [6, 6.07) is 7.96. The van der Waals surface area contributed by atoms with Gasteiger partial charge in [-0.1, -0.05) is 22.0 Å². The molecule has 112 valence electrons. The smallest absolute Gasteiger partial charge is 0.380 e. The zero-order valence-corrected chi connectivity index (χ0v) is 13.6. The molecule has 2 aromatic rings. The monoisotopic (exact) mass is 425 g/mol. The summed E-state index contributed by atoms with van der Waals surface area (Å²) in [5.74, 6) is -0.908. The summed E-state index contributed by atoms with van der Waals surface area (Å²) in [6.07, 6.45) is -4.59. The Morgan fingerprint density at radius 1 is 1.00 bits per heavy atom. The Morgan fingerprint density at radius 2 is 1.71 bits per heavy atom. The number of nitrogens with one attached hydrogen (secondary N) is 1. The van der Waals surface area contributed by atoms with Crippen molar-refractivity contribution in [3.8, 4) is 0 Å². The van der Waals surface area contributed by atoms with Crippen LogP contribution in [0.2, 0.25) is 0 Å². The van der Waals surface area contributed by atoms with Crippen molar-refractivity contribution in [2.75, 3.05) is 5.32 Å². The van der Waals surface area contributed by atoms with Gasteiger partial charge in [-0.25, -0.2) is 4.39 Å². The number of alkyl halides is 3.